The van der Waals surface area contributed by atoms with Crippen LogP contribution in [0.1, 0.15) is 45.6 Å². The van der Waals surface area contributed by atoms with E-state index in [1.165, 1.54) is 0 Å². The third kappa shape index (κ3) is 8.46. The molecule has 186 valence electrons. The molecule has 0 spiro atoms. The van der Waals surface area contributed by atoms with Crippen LogP contribution in [-0.4, -0.2) is 26.5 Å². The molecule has 8 nitrogen and oxygen atoms in total. The maximum Gasteiger partial charge on any atom is 0.249 e. The van der Waals surface area contributed by atoms with Crippen molar-refractivity contribution < 1.29 is 22.8 Å². The van der Waals surface area contributed by atoms with E-state index >= 15 is 0 Å². The van der Waals surface area contributed by atoms with Crippen LogP contribution < -0.4 is 15.3 Å². The smallest absolute Gasteiger partial charge is 0.249 e. The quantitative estimate of drug-likeness (QED) is 0.416. The first-order chi connectivity index (χ1) is 16.1. The highest BCUT2D eigenvalue weighted by Crippen LogP contribution is 2.26. The first-order valence-corrected chi connectivity index (χ1v) is 13.3. The topological polar surface area (TPSA) is 105 Å². The van der Waals surface area contributed by atoms with E-state index in [0.717, 1.165) is 16.2 Å². The van der Waals surface area contributed by atoms with E-state index in [1.807, 2.05) is 51.1 Å². The number of nitrogens with one attached hydrogen (secondary N) is 2. The molecule has 0 fully saturated rings. The van der Waals surface area contributed by atoms with Gasteiger partial charge in [-0.3, -0.25) is 19.9 Å². The summed E-state index contributed by atoms with van der Waals surface area (Å²) in [5.74, 6) is -2.24. The van der Waals surface area contributed by atoms with Gasteiger partial charge in [-0.1, -0.05) is 75.7 Å². The Morgan fingerprint density at radius 1 is 0.941 bits per heavy atom. The number of para-hydroxylation sites is 1. The number of rotatable bonds is 13. The summed E-state index contributed by atoms with van der Waals surface area (Å²) in [7, 11) is -3.80. The lowest BCUT2D eigenvalue weighted by Gasteiger charge is -2.30. The van der Waals surface area contributed by atoms with Crippen molar-refractivity contribution in [2.75, 3.05) is 10.7 Å². The number of carbonyl (C=O) groups excluding carboxylic acids is 2. The second-order valence-electron chi connectivity index (χ2n) is 8.71. The number of hydrogen-bond acceptors (Lipinski definition) is 5. The Kier molecular flexibility index (Phi) is 10.5. The largest absolute Gasteiger partial charge is 0.273 e. The van der Waals surface area contributed by atoms with E-state index in [2.05, 4.69) is 10.9 Å². The molecule has 2 rings (SSSR count). The first kappa shape index (κ1) is 27.3. The van der Waals surface area contributed by atoms with Crippen LogP contribution in [0.25, 0.3) is 0 Å². The first-order valence-electron chi connectivity index (χ1n) is 11.4. The predicted octanol–water partition coefficient (Wildman–Crippen LogP) is 3.81. The van der Waals surface area contributed by atoms with Crippen molar-refractivity contribution in [3.05, 3.63) is 66.2 Å². The molecule has 0 radical (unpaired) electrons. The van der Waals surface area contributed by atoms with Crippen molar-refractivity contribution in [2.45, 2.75) is 46.6 Å². The van der Waals surface area contributed by atoms with Gasteiger partial charge in [0.25, 0.3) is 0 Å². The Balaban J connectivity index is 2.21. The molecule has 0 aromatic heterocycles. The lowest BCUT2D eigenvalue weighted by Crippen LogP contribution is -2.51. The standard InChI is InChI=1S/C25H35N3O5S/c1-5-12-22(25(30)27-33-18-20-13-8-6-9-14-20)23(17-19(2)3)24(29)26-28(34(4,31)32)21-15-10-7-11-16-21/h6-11,13-16,19,22-23H,5,12,17-18H2,1-4H3,(H,26,29)(H,27,30)/t22-,23+/m0/s1. The van der Waals surface area contributed by atoms with Gasteiger partial charge >= 0.3 is 0 Å². The molecule has 2 aromatic rings. The monoisotopic (exact) mass is 489 g/mol. The minimum absolute atomic E-state index is 0.108. The van der Waals surface area contributed by atoms with Gasteiger partial charge in [-0.2, -0.15) is 4.41 Å². The van der Waals surface area contributed by atoms with Crippen LogP contribution in [0.2, 0.25) is 0 Å². The van der Waals surface area contributed by atoms with Crippen LogP contribution in [0, 0.1) is 17.8 Å². The molecule has 2 aromatic carbocycles. The molecule has 9 heteroatoms. The zero-order valence-electron chi connectivity index (χ0n) is 20.2. The normalized spacial score (nSPS) is 13.2. The third-order valence-electron chi connectivity index (χ3n) is 5.27. The van der Waals surface area contributed by atoms with Gasteiger partial charge < -0.3 is 0 Å². The highest BCUT2D eigenvalue weighted by Gasteiger charge is 2.35. The van der Waals surface area contributed by atoms with Gasteiger partial charge in [-0.15, -0.1) is 0 Å². The summed E-state index contributed by atoms with van der Waals surface area (Å²) >= 11 is 0. The predicted molar refractivity (Wildman–Crippen MR) is 133 cm³/mol. The fraction of sp³-hybridized carbons (Fsp3) is 0.440. The third-order valence-corrected chi connectivity index (χ3v) is 6.24. The van der Waals surface area contributed by atoms with E-state index in [1.54, 1.807) is 30.3 Å². The van der Waals surface area contributed by atoms with Crippen LogP contribution in [0.3, 0.4) is 0 Å². The summed E-state index contributed by atoms with van der Waals surface area (Å²) in [6.07, 6.45) is 2.56. The number of nitrogens with zero attached hydrogens (tertiary/aromatic N) is 1. The van der Waals surface area contributed by atoms with Gasteiger partial charge in [-0.05, 0) is 36.5 Å². The zero-order valence-corrected chi connectivity index (χ0v) is 21.0. The Bertz CT molecular complexity index is 1010. The molecule has 0 bridgehead atoms. The number of carbonyl (C=O) groups is 2. The average Bonchev–Trinajstić information content (AvgIpc) is 2.80. The van der Waals surface area contributed by atoms with Crippen molar-refractivity contribution >= 4 is 27.5 Å². The van der Waals surface area contributed by atoms with Crippen molar-refractivity contribution in [2.24, 2.45) is 17.8 Å². The van der Waals surface area contributed by atoms with Crippen molar-refractivity contribution in [1.82, 2.24) is 10.9 Å². The van der Waals surface area contributed by atoms with Crippen LogP contribution >= 0.6 is 0 Å². The molecule has 0 saturated carbocycles. The maximum absolute atomic E-state index is 13.4. The number of hydrazine groups is 1. The van der Waals surface area contributed by atoms with Gasteiger partial charge in [0.05, 0.1) is 30.4 Å². The van der Waals surface area contributed by atoms with Gasteiger partial charge in [0, 0.05) is 0 Å². The fourth-order valence-electron chi connectivity index (χ4n) is 3.71. The minimum atomic E-state index is -3.80. The Morgan fingerprint density at radius 3 is 2.06 bits per heavy atom. The molecule has 0 aliphatic rings. The van der Waals surface area contributed by atoms with Crippen molar-refractivity contribution in [3.63, 3.8) is 0 Å². The average molecular weight is 490 g/mol. The number of hydrogen-bond donors (Lipinski definition) is 2. The van der Waals surface area contributed by atoms with Crippen LogP contribution in [-0.2, 0) is 31.1 Å². The Hall–Kier alpha value is -2.91. The number of sulfonamides is 1. The van der Waals surface area contributed by atoms with Crippen LogP contribution in [0.5, 0.6) is 0 Å². The van der Waals surface area contributed by atoms with E-state index in [0.29, 0.717) is 24.9 Å². The molecule has 34 heavy (non-hydrogen) atoms. The molecule has 0 aliphatic carbocycles. The van der Waals surface area contributed by atoms with Gasteiger partial charge in [0.1, 0.15) is 0 Å². The number of amides is 2. The molecule has 2 N–H and O–H groups in total. The summed E-state index contributed by atoms with van der Waals surface area (Å²) in [4.78, 5) is 31.9. The highest BCUT2D eigenvalue weighted by atomic mass is 32.2. The number of benzene rings is 2. The van der Waals surface area contributed by atoms with Gasteiger partial charge in [-0.25, -0.2) is 13.9 Å². The van der Waals surface area contributed by atoms with Crippen molar-refractivity contribution in [1.29, 1.82) is 0 Å². The second-order valence-corrected chi connectivity index (χ2v) is 10.5. The number of anilines is 1. The van der Waals surface area contributed by atoms with Gasteiger partial charge in [0.15, 0.2) is 0 Å². The molecule has 0 aliphatic heterocycles. The fourth-order valence-corrected chi connectivity index (χ4v) is 4.47. The van der Waals surface area contributed by atoms with Crippen LogP contribution in [0.4, 0.5) is 5.69 Å². The van der Waals surface area contributed by atoms with E-state index in [-0.39, 0.29) is 12.5 Å². The summed E-state index contributed by atoms with van der Waals surface area (Å²) in [5, 5.41) is 0. The lowest BCUT2D eigenvalue weighted by molar-refractivity contribution is -0.145. The molecule has 0 heterocycles. The SMILES string of the molecule is CCC[C@H](C(=O)NOCc1ccccc1)[C@@H](CC(C)C)C(=O)NN(c1ccccc1)S(C)(=O)=O. The summed E-state index contributed by atoms with van der Waals surface area (Å²) in [5.41, 5.74) is 6.24. The zero-order chi connectivity index (χ0) is 25.1. The summed E-state index contributed by atoms with van der Waals surface area (Å²) in [6, 6.07) is 17.7. The Morgan fingerprint density at radius 2 is 1.53 bits per heavy atom. The Labute approximate surface area is 202 Å². The van der Waals surface area contributed by atoms with E-state index in [4.69, 9.17) is 4.84 Å². The molecule has 0 unspecified atom stereocenters. The molecule has 0 saturated heterocycles. The minimum Gasteiger partial charge on any atom is -0.273 e. The van der Waals surface area contributed by atoms with Gasteiger partial charge in [0.2, 0.25) is 21.8 Å². The highest BCUT2D eigenvalue weighted by molar-refractivity contribution is 7.92. The molecule has 2 amide bonds. The molecular formula is C25H35N3O5S. The van der Waals surface area contributed by atoms with Crippen LogP contribution in [0.15, 0.2) is 60.7 Å². The molecule has 2 atom stereocenters. The molecular weight excluding hydrogens is 454 g/mol. The second kappa shape index (κ2) is 13.1. The lowest BCUT2D eigenvalue weighted by atomic mass is 9.81. The maximum atomic E-state index is 13.4. The summed E-state index contributed by atoms with van der Waals surface area (Å²) < 4.78 is 25.7. The van der Waals surface area contributed by atoms with E-state index in [9.17, 15) is 18.0 Å². The number of hydroxylamine groups is 1. The van der Waals surface area contributed by atoms with E-state index < -0.39 is 33.7 Å². The van der Waals surface area contributed by atoms with Crippen molar-refractivity contribution in [3.8, 4) is 0 Å². The summed E-state index contributed by atoms with van der Waals surface area (Å²) in [6.45, 7) is 6.04.